The quantitative estimate of drug-likeness (QED) is 0.563. The van der Waals surface area contributed by atoms with E-state index < -0.39 is 5.66 Å². The van der Waals surface area contributed by atoms with Crippen LogP contribution >= 0.6 is 0 Å². The van der Waals surface area contributed by atoms with E-state index in [0.717, 1.165) is 5.56 Å². The fraction of sp³-hybridized carbons (Fsp3) is 0.190. The van der Waals surface area contributed by atoms with E-state index in [4.69, 9.17) is 4.98 Å². The van der Waals surface area contributed by atoms with Crippen LogP contribution < -0.4 is 10.2 Å². The van der Waals surface area contributed by atoms with Crippen LogP contribution in [0.2, 0.25) is 0 Å². The van der Waals surface area contributed by atoms with Gasteiger partial charge >= 0.3 is 0 Å². The number of rotatable bonds is 3. The van der Waals surface area contributed by atoms with Crippen LogP contribution in [0.3, 0.4) is 0 Å². The summed E-state index contributed by atoms with van der Waals surface area (Å²) in [4.78, 5) is 28.2. The minimum absolute atomic E-state index is 0.136. The van der Waals surface area contributed by atoms with Crippen LogP contribution in [0.1, 0.15) is 29.8 Å². The SMILES string of the molecule is CC1(C)NC(=O)c2ccc(-c3[nH]nc4nccnc34)nc2N1Cc1ccccc1. The molecule has 0 saturated heterocycles. The molecular formula is C21H19N7O. The van der Waals surface area contributed by atoms with E-state index >= 15 is 0 Å². The molecule has 0 radical (unpaired) electrons. The van der Waals surface area contributed by atoms with Gasteiger partial charge in [0.1, 0.15) is 22.7 Å². The molecule has 0 fully saturated rings. The number of anilines is 1. The Kier molecular flexibility index (Phi) is 3.80. The number of hydrogen-bond donors (Lipinski definition) is 2. The minimum atomic E-state index is -0.596. The Labute approximate surface area is 167 Å². The Hall–Kier alpha value is -3.81. The lowest BCUT2D eigenvalue weighted by molar-refractivity contribution is 0.0895. The van der Waals surface area contributed by atoms with E-state index in [0.29, 0.717) is 40.5 Å². The van der Waals surface area contributed by atoms with Crippen molar-refractivity contribution < 1.29 is 4.79 Å². The van der Waals surface area contributed by atoms with Gasteiger partial charge in [0, 0.05) is 18.9 Å². The first kappa shape index (κ1) is 17.3. The second kappa shape index (κ2) is 6.37. The van der Waals surface area contributed by atoms with Crippen molar-refractivity contribution in [1.29, 1.82) is 0 Å². The van der Waals surface area contributed by atoms with Crippen molar-refractivity contribution >= 4 is 22.9 Å². The van der Waals surface area contributed by atoms with Crippen LogP contribution in [0.15, 0.2) is 54.9 Å². The number of nitrogens with one attached hydrogen (secondary N) is 2. The molecule has 5 rings (SSSR count). The van der Waals surface area contributed by atoms with Crippen molar-refractivity contribution in [3.05, 3.63) is 66.0 Å². The van der Waals surface area contributed by atoms with Gasteiger partial charge in [-0.1, -0.05) is 30.3 Å². The molecule has 1 aliphatic heterocycles. The second-order valence-corrected chi connectivity index (χ2v) is 7.48. The Morgan fingerprint density at radius 3 is 2.66 bits per heavy atom. The van der Waals surface area contributed by atoms with Crippen molar-refractivity contribution in [2.24, 2.45) is 0 Å². The molecule has 0 bridgehead atoms. The van der Waals surface area contributed by atoms with E-state index in [1.54, 1.807) is 24.5 Å². The molecule has 0 atom stereocenters. The lowest BCUT2D eigenvalue weighted by atomic mass is 10.0. The molecule has 0 spiro atoms. The predicted molar refractivity (Wildman–Crippen MR) is 109 cm³/mol. The average molecular weight is 385 g/mol. The standard InChI is InChI=1S/C21H19N7O/c1-21(2)25-20(29)14-8-9-15(16-17-18(27-26-16)23-11-10-22-17)24-19(14)28(21)12-13-6-4-3-5-7-13/h3-11H,12H2,1-2H3,(H,25,29)(H,23,26,27). The molecule has 1 aliphatic rings. The number of aromatic nitrogens is 5. The Morgan fingerprint density at radius 1 is 1.03 bits per heavy atom. The molecule has 0 unspecified atom stereocenters. The molecule has 144 valence electrons. The molecule has 29 heavy (non-hydrogen) atoms. The van der Waals surface area contributed by atoms with Gasteiger partial charge in [-0.3, -0.25) is 9.89 Å². The molecule has 2 N–H and O–H groups in total. The number of H-pyrrole nitrogens is 1. The van der Waals surface area contributed by atoms with Gasteiger partial charge in [0.05, 0.1) is 11.3 Å². The maximum atomic E-state index is 12.7. The molecule has 4 aromatic rings. The number of hydrogen-bond acceptors (Lipinski definition) is 6. The largest absolute Gasteiger partial charge is 0.330 e. The third-order valence-corrected chi connectivity index (χ3v) is 5.10. The number of aromatic amines is 1. The van der Waals surface area contributed by atoms with Crippen LogP contribution in [-0.4, -0.2) is 36.7 Å². The lowest BCUT2D eigenvalue weighted by Crippen LogP contribution is -2.60. The van der Waals surface area contributed by atoms with Gasteiger partial charge in [0.2, 0.25) is 0 Å². The summed E-state index contributed by atoms with van der Waals surface area (Å²) >= 11 is 0. The first-order valence-electron chi connectivity index (χ1n) is 9.33. The van der Waals surface area contributed by atoms with Crippen LogP contribution in [0.4, 0.5) is 5.82 Å². The first-order valence-corrected chi connectivity index (χ1v) is 9.33. The van der Waals surface area contributed by atoms with E-state index in [2.05, 4.69) is 42.5 Å². The van der Waals surface area contributed by atoms with Crippen LogP contribution in [0.25, 0.3) is 22.6 Å². The minimum Gasteiger partial charge on any atom is -0.330 e. The number of carbonyl (C=O) groups is 1. The predicted octanol–water partition coefficient (Wildman–Crippen LogP) is 2.90. The molecule has 3 aromatic heterocycles. The van der Waals surface area contributed by atoms with Gasteiger partial charge in [0.15, 0.2) is 5.65 Å². The van der Waals surface area contributed by atoms with Crippen LogP contribution in [-0.2, 0) is 6.54 Å². The summed E-state index contributed by atoms with van der Waals surface area (Å²) in [7, 11) is 0. The first-order chi connectivity index (χ1) is 14.0. The van der Waals surface area contributed by atoms with Crippen molar-refractivity contribution in [3.8, 4) is 11.4 Å². The third kappa shape index (κ3) is 2.89. The van der Waals surface area contributed by atoms with E-state index in [1.165, 1.54) is 0 Å². The highest BCUT2D eigenvalue weighted by atomic mass is 16.2. The third-order valence-electron chi connectivity index (χ3n) is 5.10. The number of pyridine rings is 1. The zero-order chi connectivity index (χ0) is 20.0. The van der Waals surface area contributed by atoms with Gasteiger partial charge in [-0.15, -0.1) is 0 Å². The molecule has 4 heterocycles. The highest BCUT2D eigenvalue weighted by Crippen LogP contribution is 2.34. The molecule has 1 amide bonds. The van der Waals surface area contributed by atoms with Gasteiger partial charge in [-0.05, 0) is 31.5 Å². The summed E-state index contributed by atoms with van der Waals surface area (Å²) in [6.45, 7) is 4.56. The summed E-state index contributed by atoms with van der Waals surface area (Å²) in [6, 6.07) is 13.7. The van der Waals surface area contributed by atoms with Gasteiger partial charge in [0.25, 0.3) is 5.91 Å². The highest BCUT2D eigenvalue weighted by molar-refractivity contribution is 6.02. The second-order valence-electron chi connectivity index (χ2n) is 7.48. The van der Waals surface area contributed by atoms with Crippen LogP contribution in [0.5, 0.6) is 0 Å². The maximum absolute atomic E-state index is 12.7. The number of amides is 1. The summed E-state index contributed by atoms with van der Waals surface area (Å²) in [5, 5.41) is 10.3. The van der Waals surface area contributed by atoms with Gasteiger partial charge in [-0.2, -0.15) is 5.10 Å². The van der Waals surface area contributed by atoms with Gasteiger partial charge in [-0.25, -0.2) is 15.0 Å². The summed E-state index contributed by atoms with van der Waals surface area (Å²) in [5.41, 5.74) is 3.60. The highest BCUT2D eigenvalue weighted by Gasteiger charge is 2.38. The fourth-order valence-corrected chi connectivity index (χ4v) is 3.62. The molecule has 8 heteroatoms. The maximum Gasteiger partial charge on any atom is 0.256 e. The number of fused-ring (bicyclic) bond motifs is 2. The van der Waals surface area contributed by atoms with E-state index in [1.807, 2.05) is 32.0 Å². The van der Waals surface area contributed by atoms with Crippen molar-refractivity contribution in [2.45, 2.75) is 26.1 Å². The van der Waals surface area contributed by atoms with Crippen molar-refractivity contribution in [2.75, 3.05) is 4.90 Å². The number of benzene rings is 1. The molecule has 0 saturated carbocycles. The van der Waals surface area contributed by atoms with Crippen molar-refractivity contribution in [1.82, 2.24) is 30.5 Å². The monoisotopic (exact) mass is 385 g/mol. The molecule has 1 aromatic carbocycles. The zero-order valence-electron chi connectivity index (χ0n) is 16.0. The average Bonchev–Trinajstić information content (AvgIpc) is 3.15. The molecule has 0 aliphatic carbocycles. The Bertz CT molecular complexity index is 1220. The van der Waals surface area contributed by atoms with E-state index in [9.17, 15) is 4.79 Å². The lowest BCUT2D eigenvalue weighted by Gasteiger charge is -2.44. The summed E-state index contributed by atoms with van der Waals surface area (Å²) in [5.74, 6) is 0.495. The van der Waals surface area contributed by atoms with Gasteiger partial charge < -0.3 is 10.2 Å². The fourth-order valence-electron chi connectivity index (χ4n) is 3.62. The normalized spacial score (nSPS) is 15.2. The Balaban J connectivity index is 1.65. The van der Waals surface area contributed by atoms with Crippen molar-refractivity contribution in [3.63, 3.8) is 0 Å². The summed E-state index contributed by atoms with van der Waals surface area (Å²) in [6.07, 6.45) is 3.22. The summed E-state index contributed by atoms with van der Waals surface area (Å²) < 4.78 is 0. The smallest absolute Gasteiger partial charge is 0.256 e. The number of carbonyl (C=O) groups excluding carboxylic acids is 1. The Morgan fingerprint density at radius 2 is 1.83 bits per heavy atom. The molecular weight excluding hydrogens is 366 g/mol. The van der Waals surface area contributed by atoms with Crippen LogP contribution in [0, 0.1) is 0 Å². The zero-order valence-corrected chi connectivity index (χ0v) is 16.0. The number of nitrogens with zero attached hydrogens (tertiary/aromatic N) is 5. The topological polar surface area (TPSA) is 99.7 Å². The van der Waals surface area contributed by atoms with E-state index in [-0.39, 0.29) is 5.91 Å². The molecule has 8 nitrogen and oxygen atoms in total.